The Morgan fingerprint density at radius 3 is 2.36 bits per heavy atom. The number of aromatic nitrogens is 2. The summed E-state index contributed by atoms with van der Waals surface area (Å²) in [5, 5.41) is 10.6. The number of esters is 1. The fraction of sp³-hybridized carbons (Fsp3) is 0.353. The minimum atomic E-state index is -0.422. The molecule has 2 amide bonds. The number of nitrogens with one attached hydrogen (secondary N) is 1. The third kappa shape index (κ3) is 7.87. The third-order valence-electron chi connectivity index (χ3n) is 3.19. The Morgan fingerprint density at radius 1 is 1.11 bits per heavy atom. The lowest BCUT2D eigenvalue weighted by molar-refractivity contribution is -0.115. The highest BCUT2D eigenvalue weighted by molar-refractivity contribution is 8.03. The molecule has 8 nitrogen and oxygen atoms in total. The van der Waals surface area contributed by atoms with Crippen LogP contribution in [0.3, 0.4) is 0 Å². The summed E-state index contributed by atoms with van der Waals surface area (Å²) in [5.74, 6) is -0.695. The largest absolute Gasteiger partial charge is 0.462 e. The number of rotatable bonds is 11. The van der Waals surface area contributed by atoms with E-state index in [9.17, 15) is 14.4 Å². The number of hydrogen-bond acceptors (Lipinski definition) is 9. The molecule has 28 heavy (non-hydrogen) atoms. The highest BCUT2D eigenvalue weighted by Crippen LogP contribution is 2.28. The van der Waals surface area contributed by atoms with Crippen molar-refractivity contribution in [1.82, 2.24) is 10.2 Å². The first-order chi connectivity index (χ1) is 13.5. The zero-order chi connectivity index (χ0) is 20.4. The van der Waals surface area contributed by atoms with Crippen molar-refractivity contribution in [1.29, 1.82) is 0 Å². The van der Waals surface area contributed by atoms with Crippen LogP contribution in [0.1, 0.15) is 30.1 Å². The number of carbonyl (C=O) groups is 3. The normalized spacial score (nSPS) is 10.5. The molecule has 2 rings (SSSR count). The predicted molar refractivity (Wildman–Crippen MR) is 111 cm³/mol. The van der Waals surface area contributed by atoms with Crippen molar-refractivity contribution in [3.63, 3.8) is 0 Å². The molecule has 0 fully saturated rings. The number of benzene rings is 1. The van der Waals surface area contributed by atoms with Crippen molar-refractivity contribution in [2.75, 3.05) is 23.4 Å². The molecule has 0 atom stereocenters. The lowest BCUT2D eigenvalue weighted by Crippen LogP contribution is -2.14. The number of nitrogens with zero attached hydrogens (tertiary/aromatic N) is 2. The maximum absolute atomic E-state index is 12.1. The lowest BCUT2D eigenvalue weighted by atomic mass is 10.2. The Kier molecular flexibility index (Phi) is 9.24. The summed E-state index contributed by atoms with van der Waals surface area (Å²) in [6, 6.07) is 6.54. The van der Waals surface area contributed by atoms with Crippen LogP contribution < -0.4 is 11.1 Å². The van der Waals surface area contributed by atoms with Gasteiger partial charge in [-0.25, -0.2) is 4.79 Å². The average molecular weight is 441 g/mol. The predicted octanol–water partition coefficient (Wildman–Crippen LogP) is 2.80. The van der Waals surface area contributed by atoms with Crippen LogP contribution in [0.25, 0.3) is 0 Å². The van der Waals surface area contributed by atoms with E-state index in [1.807, 2.05) is 6.92 Å². The smallest absolute Gasteiger partial charge is 0.338 e. The number of hydrogen-bond donors (Lipinski definition) is 2. The van der Waals surface area contributed by atoms with Gasteiger partial charge in [-0.2, -0.15) is 0 Å². The molecule has 0 radical (unpaired) electrons. The van der Waals surface area contributed by atoms with Crippen molar-refractivity contribution < 1.29 is 19.1 Å². The molecule has 0 aliphatic rings. The standard InChI is InChI=1S/C17H20N4O4S3/c1-2-3-8-25-15(24)11-4-6-12(7-5-11)19-14(23)10-27-17-21-20-16(28-17)26-9-13(18)22/h4-7H,2-3,8-10H2,1H3,(H2,18,22)(H,19,23). The molecule has 2 aromatic rings. The van der Waals surface area contributed by atoms with Gasteiger partial charge < -0.3 is 15.8 Å². The molecule has 0 spiro atoms. The second-order valence-electron chi connectivity index (χ2n) is 5.49. The minimum Gasteiger partial charge on any atom is -0.462 e. The van der Waals surface area contributed by atoms with Gasteiger partial charge in [0.1, 0.15) is 0 Å². The molecule has 1 heterocycles. The Labute approximate surface area is 175 Å². The van der Waals surface area contributed by atoms with Crippen LogP contribution in [-0.4, -0.2) is 46.1 Å². The minimum absolute atomic E-state index is 0.141. The Hall–Kier alpha value is -2.11. The van der Waals surface area contributed by atoms with Crippen LogP contribution in [-0.2, 0) is 14.3 Å². The van der Waals surface area contributed by atoms with Gasteiger partial charge >= 0.3 is 5.97 Å². The summed E-state index contributed by atoms with van der Waals surface area (Å²) in [6.45, 7) is 2.43. The fourth-order valence-corrected chi connectivity index (χ4v) is 4.41. The van der Waals surface area contributed by atoms with E-state index in [-0.39, 0.29) is 23.4 Å². The Bertz CT molecular complexity index is 811. The van der Waals surface area contributed by atoms with Gasteiger partial charge in [0.2, 0.25) is 11.8 Å². The van der Waals surface area contributed by atoms with E-state index in [1.165, 1.54) is 34.9 Å². The van der Waals surface area contributed by atoms with Crippen LogP contribution in [0.5, 0.6) is 0 Å². The number of unbranched alkanes of at least 4 members (excludes halogenated alkanes) is 1. The molecule has 0 aliphatic carbocycles. The highest BCUT2D eigenvalue weighted by atomic mass is 32.2. The van der Waals surface area contributed by atoms with Crippen molar-refractivity contribution in [3.05, 3.63) is 29.8 Å². The van der Waals surface area contributed by atoms with Crippen LogP contribution in [0.15, 0.2) is 32.9 Å². The molecule has 0 bridgehead atoms. The van der Waals surface area contributed by atoms with E-state index in [2.05, 4.69) is 15.5 Å². The van der Waals surface area contributed by atoms with E-state index >= 15 is 0 Å². The number of anilines is 1. The van der Waals surface area contributed by atoms with E-state index in [4.69, 9.17) is 10.5 Å². The molecule has 1 aromatic carbocycles. The van der Waals surface area contributed by atoms with Crippen molar-refractivity contribution in [2.24, 2.45) is 5.73 Å². The molecule has 11 heteroatoms. The number of primary amides is 1. The molecular formula is C17H20N4O4S3. The van der Waals surface area contributed by atoms with Gasteiger partial charge in [0.25, 0.3) is 0 Å². The van der Waals surface area contributed by atoms with Gasteiger partial charge in [-0.15, -0.1) is 10.2 Å². The third-order valence-corrected chi connectivity index (χ3v) is 6.40. The molecular weight excluding hydrogens is 420 g/mol. The number of ether oxygens (including phenoxy) is 1. The molecule has 0 saturated heterocycles. The molecule has 0 unspecified atom stereocenters. The maximum Gasteiger partial charge on any atom is 0.338 e. The summed E-state index contributed by atoms with van der Waals surface area (Å²) >= 11 is 3.77. The topological polar surface area (TPSA) is 124 Å². The van der Waals surface area contributed by atoms with Gasteiger partial charge in [-0.1, -0.05) is 48.2 Å². The summed E-state index contributed by atoms with van der Waals surface area (Å²) < 4.78 is 6.40. The maximum atomic E-state index is 12.1. The van der Waals surface area contributed by atoms with Gasteiger partial charge in [0.15, 0.2) is 8.68 Å². The Balaban J connectivity index is 1.77. The Morgan fingerprint density at radius 2 is 1.75 bits per heavy atom. The van der Waals surface area contributed by atoms with Crippen molar-refractivity contribution >= 4 is 58.3 Å². The quantitative estimate of drug-likeness (QED) is 0.310. The summed E-state index contributed by atoms with van der Waals surface area (Å²) in [4.78, 5) is 34.7. The SMILES string of the molecule is CCCCOC(=O)c1ccc(NC(=O)CSc2nnc(SCC(N)=O)s2)cc1. The van der Waals surface area contributed by atoms with Gasteiger partial charge in [0.05, 0.1) is 23.7 Å². The zero-order valence-electron chi connectivity index (χ0n) is 15.2. The molecule has 0 saturated carbocycles. The van der Waals surface area contributed by atoms with Gasteiger partial charge in [-0.3, -0.25) is 9.59 Å². The molecule has 0 aliphatic heterocycles. The molecule has 1 aromatic heterocycles. The number of nitrogens with two attached hydrogens (primary N) is 1. The van der Waals surface area contributed by atoms with Crippen molar-refractivity contribution in [3.8, 4) is 0 Å². The number of carbonyl (C=O) groups excluding carboxylic acids is 3. The molecule has 150 valence electrons. The highest BCUT2D eigenvalue weighted by Gasteiger charge is 2.11. The van der Waals surface area contributed by atoms with Gasteiger partial charge in [-0.05, 0) is 30.7 Å². The van der Waals surface area contributed by atoms with E-state index in [1.54, 1.807) is 24.3 Å². The van der Waals surface area contributed by atoms with Crippen LogP contribution in [0, 0.1) is 0 Å². The first-order valence-corrected chi connectivity index (χ1v) is 11.2. The second kappa shape index (κ2) is 11.7. The van der Waals surface area contributed by atoms with Crippen LogP contribution >= 0.6 is 34.9 Å². The number of thioether (sulfide) groups is 2. The van der Waals surface area contributed by atoms with Crippen LogP contribution in [0.2, 0.25) is 0 Å². The number of amides is 2. The van der Waals surface area contributed by atoms with E-state index in [0.717, 1.165) is 12.8 Å². The van der Waals surface area contributed by atoms with E-state index < -0.39 is 5.91 Å². The first-order valence-electron chi connectivity index (χ1n) is 8.42. The monoisotopic (exact) mass is 440 g/mol. The summed E-state index contributed by atoms with van der Waals surface area (Å²) in [6.07, 6.45) is 1.79. The summed E-state index contributed by atoms with van der Waals surface area (Å²) in [7, 11) is 0. The molecule has 3 N–H and O–H groups in total. The zero-order valence-corrected chi connectivity index (χ0v) is 17.6. The van der Waals surface area contributed by atoms with Crippen molar-refractivity contribution in [2.45, 2.75) is 28.4 Å². The first kappa shape index (κ1) is 22.2. The van der Waals surface area contributed by atoms with Crippen LogP contribution in [0.4, 0.5) is 5.69 Å². The van der Waals surface area contributed by atoms with E-state index in [0.29, 0.717) is 26.5 Å². The lowest BCUT2D eigenvalue weighted by Gasteiger charge is -2.06. The summed E-state index contributed by atoms with van der Waals surface area (Å²) in [5.41, 5.74) is 6.12. The second-order valence-corrected chi connectivity index (χ2v) is 8.91. The van der Waals surface area contributed by atoms with Gasteiger partial charge in [0, 0.05) is 5.69 Å². The average Bonchev–Trinajstić information content (AvgIpc) is 3.13. The fourth-order valence-electron chi connectivity index (χ4n) is 1.85.